The molecule has 0 saturated carbocycles. The molecule has 7 nitrogen and oxygen atoms in total. The average molecular weight is 528 g/mol. The van der Waals surface area contributed by atoms with E-state index in [4.69, 9.17) is 11.6 Å². The Labute approximate surface area is 222 Å². The molecule has 0 unspecified atom stereocenters. The average Bonchev–Trinajstić information content (AvgIpc) is 3.22. The highest BCUT2D eigenvalue weighted by Crippen LogP contribution is 2.27. The molecule has 0 spiro atoms. The number of amides is 2. The van der Waals surface area contributed by atoms with E-state index in [0.717, 1.165) is 16.8 Å². The third-order valence-electron chi connectivity index (χ3n) is 5.78. The van der Waals surface area contributed by atoms with E-state index in [0.29, 0.717) is 40.5 Å². The van der Waals surface area contributed by atoms with Gasteiger partial charge in [0.2, 0.25) is 5.91 Å². The monoisotopic (exact) mass is 527 g/mol. The zero-order valence-electron chi connectivity index (χ0n) is 21.7. The van der Waals surface area contributed by atoms with Gasteiger partial charge in [-0.05, 0) is 63.3 Å². The molecule has 9 heteroatoms. The van der Waals surface area contributed by atoms with E-state index in [9.17, 15) is 9.59 Å². The van der Waals surface area contributed by atoms with Crippen LogP contribution in [0.3, 0.4) is 0 Å². The van der Waals surface area contributed by atoms with Gasteiger partial charge in [-0.2, -0.15) is 0 Å². The second-order valence-electron chi connectivity index (χ2n) is 9.33. The van der Waals surface area contributed by atoms with E-state index < -0.39 is 0 Å². The Morgan fingerprint density at radius 2 is 1.75 bits per heavy atom. The Morgan fingerprint density at radius 1 is 1.08 bits per heavy atom. The lowest BCUT2D eigenvalue weighted by molar-refractivity contribution is -0.113. The lowest BCUT2D eigenvalue weighted by Crippen LogP contribution is -2.31. The van der Waals surface area contributed by atoms with Crippen molar-refractivity contribution < 1.29 is 9.59 Å². The van der Waals surface area contributed by atoms with Crippen molar-refractivity contribution in [3.05, 3.63) is 69.5 Å². The number of aryl methyl sites for hydroxylation is 3. The standard InChI is InChI=1S/C27H34ClN5O2S/c1-7-33-25(22(12-16(2)3)29-26(35)20-10-8-9-11-21(20)28)31-32-27(33)36-15-23(34)30-24-18(5)13-17(4)14-19(24)6/h8-11,13-14,16,22H,7,12,15H2,1-6H3,(H,29,35)(H,30,34)/t22-/m1/s1. The molecule has 1 atom stereocenters. The summed E-state index contributed by atoms with van der Waals surface area (Å²) in [6, 6.07) is 10.7. The topological polar surface area (TPSA) is 88.9 Å². The van der Waals surface area contributed by atoms with Crippen LogP contribution in [-0.4, -0.2) is 32.3 Å². The summed E-state index contributed by atoms with van der Waals surface area (Å²) in [7, 11) is 0. The summed E-state index contributed by atoms with van der Waals surface area (Å²) in [4.78, 5) is 25.7. The van der Waals surface area contributed by atoms with Crippen molar-refractivity contribution in [3.63, 3.8) is 0 Å². The van der Waals surface area contributed by atoms with Crippen LogP contribution in [0.15, 0.2) is 41.6 Å². The fourth-order valence-electron chi connectivity index (χ4n) is 4.23. The molecule has 36 heavy (non-hydrogen) atoms. The van der Waals surface area contributed by atoms with Crippen molar-refractivity contribution in [2.75, 3.05) is 11.1 Å². The van der Waals surface area contributed by atoms with Gasteiger partial charge in [0.05, 0.1) is 22.4 Å². The molecule has 0 bridgehead atoms. The number of anilines is 1. The molecular formula is C27H34ClN5O2S. The number of halogens is 1. The Hall–Kier alpha value is -2.84. The molecule has 3 aromatic rings. The number of carbonyl (C=O) groups is 2. The summed E-state index contributed by atoms with van der Waals surface area (Å²) in [6.45, 7) is 12.8. The van der Waals surface area contributed by atoms with Crippen LogP contribution >= 0.6 is 23.4 Å². The normalized spacial score (nSPS) is 12.0. The maximum atomic E-state index is 13.0. The second kappa shape index (κ2) is 12.4. The van der Waals surface area contributed by atoms with E-state index in [1.165, 1.54) is 17.3 Å². The maximum absolute atomic E-state index is 13.0. The first-order valence-electron chi connectivity index (χ1n) is 12.1. The van der Waals surface area contributed by atoms with Crippen LogP contribution < -0.4 is 10.6 Å². The fourth-order valence-corrected chi connectivity index (χ4v) is 5.26. The number of hydrogen-bond acceptors (Lipinski definition) is 5. The molecule has 2 amide bonds. The van der Waals surface area contributed by atoms with E-state index >= 15 is 0 Å². The van der Waals surface area contributed by atoms with Crippen molar-refractivity contribution in [3.8, 4) is 0 Å². The van der Waals surface area contributed by atoms with Gasteiger partial charge in [0, 0.05) is 12.2 Å². The van der Waals surface area contributed by atoms with Crippen molar-refractivity contribution >= 4 is 40.9 Å². The summed E-state index contributed by atoms with van der Waals surface area (Å²) in [5.41, 5.74) is 4.51. The van der Waals surface area contributed by atoms with Crippen LogP contribution in [0.25, 0.3) is 0 Å². The Bertz CT molecular complexity index is 1220. The highest BCUT2D eigenvalue weighted by atomic mass is 35.5. The first-order valence-corrected chi connectivity index (χ1v) is 13.5. The summed E-state index contributed by atoms with van der Waals surface area (Å²) >= 11 is 7.57. The first kappa shape index (κ1) is 27.7. The van der Waals surface area contributed by atoms with Crippen LogP contribution in [0.2, 0.25) is 5.02 Å². The van der Waals surface area contributed by atoms with Gasteiger partial charge in [-0.3, -0.25) is 9.59 Å². The minimum Gasteiger partial charge on any atom is -0.342 e. The van der Waals surface area contributed by atoms with Crippen molar-refractivity contribution in [1.29, 1.82) is 0 Å². The number of hydrogen-bond donors (Lipinski definition) is 2. The number of carbonyl (C=O) groups excluding carboxylic acids is 2. The van der Waals surface area contributed by atoms with Gasteiger partial charge in [0.1, 0.15) is 0 Å². The number of thioether (sulfide) groups is 1. The molecule has 0 aliphatic heterocycles. The Balaban J connectivity index is 1.75. The minimum atomic E-state index is -0.345. The van der Waals surface area contributed by atoms with Crippen molar-refractivity contribution in [2.45, 2.75) is 65.7 Å². The zero-order valence-corrected chi connectivity index (χ0v) is 23.3. The molecule has 0 saturated heterocycles. The predicted octanol–water partition coefficient (Wildman–Crippen LogP) is 6.12. The molecule has 2 aromatic carbocycles. The number of rotatable bonds is 10. The van der Waals surface area contributed by atoms with Crippen LogP contribution in [-0.2, 0) is 11.3 Å². The van der Waals surface area contributed by atoms with Gasteiger partial charge >= 0.3 is 0 Å². The van der Waals surface area contributed by atoms with Crippen molar-refractivity contribution in [1.82, 2.24) is 20.1 Å². The van der Waals surface area contributed by atoms with Gasteiger partial charge in [-0.1, -0.05) is 67.0 Å². The lowest BCUT2D eigenvalue weighted by atomic mass is 10.0. The first-order chi connectivity index (χ1) is 17.1. The molecule has 192 valence electrons. The third-order valence-corrected chi connectivity index (χ3v) is 7.07. The van der Waals surface area contributed by atoms with Crippen LogP contribution in [0, 0.1) is 26.7 Å². The van der Waals surface area contributed by atoms with Gasteiger partial charge < -0.3 is 15.2 Å². The number of benzene rings is 2. The summed E-state index contributed by atoms with van der Waals surface area (Å²) in [6.07, 6.45) is 0.686. The Kier molecular flexibility index (Phi) is 9.56. The number of aromatic nitrogens is 3. The van der Waals surface area contributed by atoms with E-state index in [2.05, 4.69) is 46.8 Å². The molecular weight excluding hydrogens is 494 g/mol. The fraction of sp³-hybridized carbons (Fsp3) is 0.407. The molecule has 1 aromatic heterocycles. The van der Waals surface area contributed by atoms with E-state index in [1.54, 1.807) is 24.3 Å². The summed E-state index contributed by atoms with van der Waals surface area (Å²) in [5.74, 6) is 0.819. The van der Waals surface area contributed by atoms with E-state index in [-0.39, 0.29) is 23.6 Å². The zero-order chi connectivity index (χ0) is 26.4. The predicted molar refractivity (Wildman–Crippen MR) is 147 cm³/mol. The third kappa shape index (κ3) is 6.89. The van der Waals surface area contributed by atoms with Gasteiger partial charge in [-0.25, -0.2) is 0 Å². The molecule has 0 aliphatic rings. The molecule has 1 heterocycles. The smallest absolute Gasteiger partial charge is 0.253 e. The number of nitrogens with zero attached hydrogens (tertiary/aromatic N) is 3. The highest BCUT2D eigenvalue weighted by molar-refractivity contribution is 7.99. The molecule has 3 rings (SSSR count). The quantitative estimate of drug-likeness (QED) is 0.310. The van der Waals surface area contributed by atoms with E-state index in [1.807, 2.05) is 32.3 Å². The molecule has 0 radical (unpaired) electrons. The van der Waals surface area contributed by atoms with Gasteiger partial charge in [-0.15, -0.1) is 10.2 Å². The van der Waals surface area contributed by atoms with Gasteiger partial charge in [0.25, 0.3) is 5.91 Å². The summed E-state index contributed by atoms with van der Waals surface area (Å²) in [5, 5.41) is 15.9. The van der Waals surface area contributed by atoms with Crippen LogP contribution in [0.4, 0.5) is 5.69 Å². The largest absolute Gasteiger partial charge is 0.342 e. The SMILES string of the molecule is CCn1c(SCC(=O)Nc2c(C)cc(C)cc2C)nnc1[C@@H](CC(C)C)NC(=O)c1ccccc1Cl. The maximum Gasteiger partial charge on any atom is 0.253 e. The van der Waals surface area contributed by atoms with Crippen LogP contribution in [0.1, 0.15) is 66.1 Å². The molecule has 0 aliphatic carbocycles. The van der Waals surface area contributed by atoms with Crippen molar-refractivity contribution in [2.24, 2.45) is 5.92 Å². The molecule has 2 N–H and O–H groups in total. The Morgan fingerprint density at radius 3 is 2.36 bits per heavy atom. The minimum absolute atomic E-state index is 0.104. The second-order valence-corrected chi connectivity index (χ2v) is 10.7. The summed E-state index contributed by atoms with van der Waals surface area (Å²) < 4.78 is 1.96. The highest BCUT2D eigenvalue weighted by Gasteiger charge is 2.25. The number of nitrogens with one attached hydrogen (secondary N) is 2. The van der Waals surface area contributed by atoms with Crippen LogP contribution in [0.5, 0.6) is 0 Å². The molecule has 0 fully saturated rings. The lowest BCUT2D eigenvalue weighted by Gasteiger charge is -2.21. The van der Waals surface area contributed by atoms with Gasteiger partial charge in [0.15, 0.2) is 11.0 Å².